The highest BCUT2D eigenvalue weighted by molar-refractivity contribution is 6.36. The summed E-state index contributed by atoms with van der Waals surface area (Å²) >= 11 is 0. The number of imide groups is 1. The van der Waals surface area contributed by atoms with E-state index >= 15 is 0 Å². The van der Waals surface area contributed by atoms with Crippen LogP contribution in [0.4, 0.5) is 0 Å². The van der Waals surface area contributed by atoms with Crippen molar-refractivity contribution in [2.24, 2.45) is 0 Å². The number of nitrogens with zero attached hydrogens (tertiary/aromatic N) is 3. The maximum atomic E-state index is 13.1. The second-order valence-electron chi connectivity index (χ2n) is 6.74. The molecule has 1 aromatic carbocycles. The Morgan fingerprint density at radius 1 is 1.04 bits per heavy atom. The van der Waals surface area contributed by atoms with Gasteiger partial charge in [-0.25, -0.2) is 0 Å². The van der Waals surface area contributed by atoms with Gasteiger partial charge in [-0.2, -0.15) is 0 Å². The molecule has 2 heterocycles. The first-order valence-electron chi connectivity index (χ1n) is 9.44. The predicted octanol–water partition coefficient (Wildman–Crippen LogP) is 0.795. The molecule has 0 bridgehead atoms. The van der Waals surface area contributed by atoms with Crippen LogP contribution in [0.3, 0.4) is 0 Å². The lowest BCUT2D eigenvalue weighted by atomic mass is 10.0. The SMILES string of the molecule is CCCN1C(=O)C(c2ccccc2OC)=C(N2CCN(CCO)CC2)C1=O. The molecule has 0 aliphatic carbocycles. The number of amides is 2. The third-order valence-corrected chi connectivity index (χ3v) is 5.07. The predicted molar refractivity (Wildman–Crippen MR) is 102 cm³/mol. The molecule has 0 saturated carbocycles. The van der Waals surface area contributed by atoms with Crippen molar-refractivity contribution in [1.29, 1.82) is 0 Å². The molecule has 0 aromatic heterocycles. The van der Waals surface area contributed by atoms with E-state index in [1.54, 1.807) is 13.2 Å². The van der Waals surface area contributed by atoms with Crippen LogP contribution in [0.2, 0.25) is 0 Å². The fraction of sp³-hybridized carbons (Fsp3) is 0.500. The van der Waals surface area contributed by atoms with Gasteiger partial charge in [0.25, 0.3) is 11.8 Å². The second kappa shape index (κ2) is 8.54. The summed E-state index contributed by atoms with van der Waals surface area (Å²) in [5, 5.41) is 9.13. The minimum atomic E-state index is -0.251. The van der Waals surface area contributed by atoms with Crippen molar-refractivity contribution in [2.75, 3.05) is 53.0 Å². The molecule has 0 radical (unpaired) electrons. The number of rotatable bonds is 7. The van der Waals surface area contributed by atoms with Gasteiger partial charge < -0.3 is 14.7 Å². The summed E-state index contributed by atoms with van der Waals surface area (Å²) in [5.41, 5.74) is 1.56. The summed E-state index contributed by atoms with van der Waals surface area (Å²) in [4.78, 5) is 31.7. The van der Waals surface area contributed by atoms with E-state index < -0.39 is 0 Å². The lowest BCUT2D eigenvalue weighted by molar-refractivity contribution is -0.137. The van der Waals surface area contributed by atoms with Crippen molar-refractivity contribution >= 4 is 17.4 Å². The molecule has 3 rings (SSSR count). The Kier molecular flexibility index (Phi) is 6.13. The molecule has 1 N–H and O–H groups in total. The second-order valence-corrected chi connectivity index (χ2v) is 6.74. The molecule has 7 heteroatoms. The fourth-order valence-corrected chi connectivity index (χ4v) is 3.71. The molecule has 0 unspecified atom stereocenters. The molecule has 27 heavy (non-hydrogen) atoms. The molecule has 146 valence electrons. The quantitative estimate of drug-likeness (QED) is 0.713. The zero-order chi connectivity index (χ0) is 19.4. The van der Waals surface area contributed by atoms with Crippen LogP contribution in [0.15, 0.2) is 30.0 Å². The number of hydrogen-bond donors (Lipinski definition) is 1. The van der Waals surface area contributed by atoms with Crippen LogP contribution >= 0.6 is 0 Å². The van der Waals surface area contributed by atoms with E-state index in [1.807, 2.05) is 30.0 Å². The van der Waals surface area contributed by atoms with E-state index in [2.05, 4.69) is 4.90 Å². The highest BCUT2D eigenvalue weighted by Gasteiger charge is 2.42. The molecule has 0 spiro atoms. The Labute approximate surface area is 159 Å². The van der Waals surface area contributed by atoms with Crippen molar-refractivity contribution in [1.82, 2.24) is 14.7 Å². The van der Waals surface area contributed by atoms with Gasteiger partial charge in [0.05, 0.1) is 19.3 Å². The molecule has 2 aliphatic rings. The largest absolute Gasteiger partial charge is 0.496 e. The van der Waals surface area contributed by atoms with Crippen LogP contribution < -0.4 is 4.74 Å². The van der Waals surface area contributed by atoms with Crippen molar-refractivity contribution in [3.63, 3.8) is 0 Å². The van der Waals surface area contributed by atoms with Crippen LogP contribution in [-0.2, 0) is 9.59 Å². The molecular formula is C20H27N3O4. The smallest absolute Gasteiger partial charge is 0.277 e. The number of para-hydroxylation sites is 1. The molecule has 7 nitrogen and oxygen atoms in total. The third-order valence-electron chi connectivity index (χ3n) is 5.07. The third kappa shape index (κ3) is 3.70. The van der Waals surface area contributed by atoms with Gasteiger partial charge in [0, 0.05) is 44.8 Å². The number of ether oxygens (including phenoxy) is 1. The highest BCUT2D eigenvalue weighted by atomic mass is 16.5. The number of β-amino-alcohol motifs (C(OH)–C–C–N with tert-alkyl or cyclic N) is 1. The molecule has 1 fully saturated rings. The van der Waals surface area contributed by atoms with Crippen molar-refractivity contribution in [3.8, 4) is 5.75 Å². The molecule has 2 aliphatic heterocycles. The Bertz CT molecular complexity index is 738. The zero-order valence-electron chi connectivity index (χ0n) is 16.0. The first-order chi connectivity index (χ1) is 13.1. The number of carbonyl (C=O) groups is 2. The van der Waals surface area contributed by atoms with Gasteiger partial charge in [-0.05, 0) is 12.5 Å². The number of methoxy groups -OCH3 is 1. The van der Waals surface area contributed by atoms with Gasteiger partial charge in [-0.15, -0.1) is 0 Å². The summed E-state index contributed by atoms with van der Waals surface area (Å²) in [7, 11) is 1.57. The first-order valence-corrected chi connectivity index (χ1v) is 9.44. The van der Waals surface area contributed by atoms with E-state index in [-0.39, 0.29) is 18.4 Å². The Hall–Kier alpha value is -2.38. The van der Waals surface area contributed by atoms with Gasteiger partial charge in [0.15, 0.2) is 0 Å². The normalized spacial score (nSPS) is 18.6. The number of hydrogen-bond acceptors (Lipinski definition) is 6. The van der Waals surface area contributed by atoms with E-state index in [1.165, 1.54) is 4.90 Å². The van der Waals surface area contributed by atoms with Crippen LogP contribution in [0.25, 0.3) is 5.57 Å². The minimum Gasteiger partial charge on any atom is -0.496 e. The molecule has 1 saturated heterocycles. The average molecular weight is 373 g/mol. The van der Waals surface area contributed by atoms with Crippen molar-refractivity contribution in [2.45, 2.75) is 13.3 Å². The molecular weight excluding hydrogens is 346 g/mol. The molecule has 2 amide bonds. The Morgan fingerprint density at radius 2 is 1.74 bits per heavy atom. The number of carbonyl (C=O) groups excluding carboxylic acids is 2. The van der Waals surface area contributed by atoms with E-state index in [0.29, 0.717) is 55.2 Å². The number of piperazine rings is 1. The molecule has 0 atom stereocenters. The summed E-state index contributed by atoms with van der Waals surface area (Å²) in [6, 6.07) is 7.33. The Morgan fingerprint density at radius 3 is 2.37 bits per heavy atom. The van der Waals surface area contributed by atoms with E-state index in [0.717, 1.165) is 13.1 Å². The highest BCUT2D eigenvalue weighted by Crippen LogP contribution is 2.36. The van der Waals surface area contributed by atoms with Crippen LogP contribution in [-0.4, -0.2) is 84.6 Å². The van der Waals surface area contributed by atoms with Gasteiger partial charge in [0.2, 0.25) is 0 Å². The number of aliphatic hydroxyl groups is 1. The van der Waals surface area contributed by atoms with Gasteiger partial charge in [-0.1, -0.05) is 25.1 Å². The van der Waals surface area contributed by atoms with Crippen LogP contribution in [0.1, 0.15) is 18.9 Å². The van der Waals surface area contributed by atoms with Crippen LogP contribution in [0.5, 0.6) is 5.75 Å². The maximum absolute atomic E-state index is 13.1. The monoisotopic (exact) mass is 373 g/mol. The average Bonchev–Trinajstić information content (AvgIpc) is 2.94. The molecule has 1 aromatic rings. The minimum absolute atomic E-state index is 0.122. The number of aliphatic hydroxyl groups excluding tert-OH is 1. The first kappa shape index (κ1) is 19.4. The summed E-state index contributed by atoms with van der Waals surface area (Å²) < 4.78 is 5.45. The maximum Gasteiger partial charge on any atom is 0.277 e. The van der Waals surface area contributed by atoms with Crippen LogP contribution in [0, 0.1) is 0 Å². The van der Waals surface area contributed by atoms with Gasteiger partial charge >= 0.3 is 0 Å². The summed E-state index contributed by atoms with van der Waals surface area (Å²) in [5.74, 6) is 0.112. The zero-order valence-corrected chi connectivity index (χ0v) is 16.0. The topological polar surface area (TPSA) is 73.3 Å². The van der Waals surface area contributed by atoms with E-state index in [9.17, 15) is 9.59 Å². The number of benzene rings is 1. The summed E-state index contributed by atoms with van der Waals surface area (Å²) in [6.07, 6.45) is 0.717. The van der Waals surface area contributed by atoms with Gasteiger partial charge in [-0.3, -0.25) is 19.4 Å². The standard InChI is InChI=1S/C20H27N3O4/c1-3-8-23-19(25)17(15-6-4-5-7-16(15)27-2)18(20(23)26)22-11-9-21(10-12-22)13-14-24/h4-7,24H,3,8-14H2,1-2H3. The Balaban J connectivity index is 2.00. The fourth-order valence-electron chi connectivity index (χ4n) is 3.71. The lowest BCUT2D eigenvalue weighted by Crippen LogP contribution is -2.48. The van der Waals surface area contributed by atoms with Crippen molar-refractivity contribution in [3.05, 3.63) is 35.5 Å². The lowest BCUT2D eigenvalue weighted by Gasteiger charge is -2.36. The van der Waals surface area contributed by atoms with Gasteiger partial charge in [0.1, 0.15) is 11.4 Å². The van der Waals surface area contributed by atoms with E-state index in [4.69, 9.17) is 9.84 Å². The summed E-state index contributed by atoms with van der Waals surface area (Å²) in [6.45, 7) is 5.90. The van der Waals surface area contributed by atoms with Crippen molar-refractivity contribution < 1.29 is 19.4 Å².